The van der Waals surface area contributed by atoms with Crippen LogP contribution in [0.3, 0.4) is 0 Å². The lowest BCUT2D eigenvalue weighted by molar-refractivity contribution is -0.106. The number of ether oxygens (including phenoxy) is 3. The number of hydrogen-bond donors (Lipinski definition) is 2. The second-order valence-electron chi connectivity index (χ2n) is 8.18. The summed E-state index contributed by atoms with van der Waals surface area (Å²) in [5, 5.41) is 7.17. The third-order valence-electron chi connectivity index (χ3n) is 5.93. The third kappa shape index (κ3) is 5.98. The van der Waals surface area contributed by atoms with Gasteiger partial charge in [0.05, 0.1) is 19.8 Å². The number of guanidine groups is 1. The largest absolute Gasteiger partial charge is 0.497 e. The van der Waals surface area contributed by atoms with Crippen LogP contribution >= 0.6 is 24.0 Å². The van der Waals surface area contributed by atoms with Crippen LogP contribution in [0.15, 0.2) is 29.3 Å². The summed E-state index contributed by atoms with van der Waals surface area (Å²) in [5.41, 5.74) is 1.28. The van der Waals surface area contributed by atoms with Crippen LogP contribution in [-0.4, -0.2) is 51.6 Å². The fourth-order valence-electron chi connectivity index (χ4n) is 4.34. The molecule has 3 rings (SSSR count). The average Bonchev–Trinajstić information content (AvgIpc) is 3.17. The standard InChI is InChI=1S/C22H35N3O3.HI/c1-5-27-13-6-12-23-21(24-15-16-7-9-17(26-4)10-8-16)25-19-18-11-14-28-20(18)22(19,2)3;/h7-10,18-20H,5-6,11-15H2,1-4H3,(H2,23,24,25);1H. The Morgan fingerprint density at radius 2 is 2.03 bits per heavy atom. The Kier molecular flexibility index (Phi) is 9.49. The Hall–Kier alpha value is -1.06. The molecule has 0 bridgehead atoms. The number of halogens is 1. The van der Waals surface area contributed by atoms with Gasteiger partial charge in [-0.2, -0.15) is 0 Å². The van der Waals surface area contributed by atoms with Crippen LogP contribution in [0.5, 0.6) is 5.75 Å². The predicted molar refractivity (Wildman–Crippen MR) is 127 cm³/mol. The van der Waals surface area contributed by atoms with Crippen molar-refractivity contribution >= 4 is 29.9 Å². The third-order valence-corrected chi connectivity index (χ3v) is 5.93. The van der Waals surface area contributed by atoms with E-state index in [1.54, 1.807) is 7.11 Å². The second-order valence-corrected chi connectivity index (χ2v) is 8.18. The first-order valence-electron chi connectivity index (χ1n) is 10.4. The lowest BCUT2D eigenvalue weighted by atomic mass is 9.57. The molecule has 1 aromatic rings. The Labute approximate surface area is 192 Å². The molecule has 1 saturated carbocycles. The van der Waals surface area contributed by atoms with Crippen LogP contribution in [0.4, 0.5) is 0 Å². The number of rotatable bonds is 9. The molecule has 7 heteroatoms. The quantitative estimate of drug-likeness (QED) is 0.227. The highest BCUT2D eigenvalue weighted by Crippen LogP contribution is 2.52. The van der Waals surface area contributed by atoms with E-state index in [-0.39, 0.29) is 29.4 Å². The van der Waals surface area contributed by atoms with E-state index in [1.807, 2.05) is 19.1 Å². The topological polar surface area (TPSA) is 64.1 Å². The molecule has 29 heavy (non-hydrogen) atoms. The highest BCUT2D eigenvalue weighted by atomic mass is 127. The van der Waals surface area contributed by atoms with Crippen molar-refractivity contribution in [2.24, 2.45) is 16.3 Å². The number of nitrogens with one attached hydrogen (secondary N) is 2. The molecule has 1 aliphatic heterocycles. The zero-order valence-corrected chi connectivity index (χ0v) is 20.4. The van der Waals surface area contributed by atoms with Gasteiger partial charge in [0.2, 0.25) is 0 Å². The van der Waals surface area contributed by atoms with Gasteiger partial charge in [-0.25, -0.2) is 4.99 Å². The second kappa shape index (κ2) is 11.4. The van der Waals surface area contributed by atoms with Crippen molar-refractivity contribution in [2.45, 2.75) is 52.3 Å². The summed E-state index contributed by atoms with van der Waals surface area (Å²) in [4.78, 5) is 4.84. The van der Waals surface area contributed by atoms with Gasteiger partial charge in [0.15, 0.2) is 5.96 Å². The zero-order chi connectivity index (χ0) is 20.0. The summed E-state index contributed by atoms with van der Waals surface area (Å²) >= 11 is 0. The summed E-state index contributed by atoms with van der Waals surface area (Å²) in [6, 6.07) is 8.45. The lowest BCUT2D eigenvalue weighted by Crippen LogP contribution is -2.68. The van der Waals surface area contributed by atoms with Gasteiger partial charge in [0.1, 0.15) is 5.75 Å². The molecule has 0 aromatic heterocycles. The first-order valence-corrected chi connectivity index (χ1v) is 10.4. The van der Waals surface area contributed by atoms with Crippen LogP contribution in [0.1, 0.15) is 39.2 Å². The molecule has 0 spiro atoms. The van der Waals surface area contributed by atoms with Gasteiger partial charge in [0, 0.05) is 43.7 Å². The van der Waals surface area contributed by atoms with Crippen molar-refractivity contribution in [3.63, 3.8) is 0 Å². The zero-order valence-electron chi connectivity index (χ0n) is 18.1. The number of benzene rings is 1. The Morgan fingerprint density at radius 1 is 1.28 bits per heavy atom. The molecule has 3 atom stereocenters. The molecule has 1 saturated heterocycles. The molecule has 2 N–H and O–H groups in total. The maximum Gasteiger partial charge on any atom is 0.191 e. The molecule has 1 heterocycles. The molecule has 0 radical (unpaired) electrons. The van der Waals surface area contributed by atoms with E-state index in [9.17, 15) is 0 Å². The molecule has 164 valence electrons. The molecule has 3 unspecified atom stereocenters. The smallest absolute Gasteiger partial charge is 0.191 e. The van der Waals surface area contributed by atoms with Gasteiger partial charge < -0.3 is 24.8 Å². The van der Waals surface area contributed by atoms with Gasteiger partial charge in [-0.05, 0) is 37.5 Å². The fraction of sp³-hybridized carbons (Fsp3) is 0.682. The highest BCUT2D eigenvalue weighted by molar-refractivity contribution is 14.0. The lowest BCUT2D eigenvalue weighted by Gasteiger charge is -2.54. The van der Waals surface area contributed by atoms with Crippen LogP contribution in [0.25, 0.3) is 0 Å². The molecule has 6 nitrogen and oxygen atoms in total. The average molecular weight is 517 g/mol. The number of hydrogen-bond acceptors (Lipinski definition) is 4. The number of fused-ring (bicyclic) bond motifs is 1. The minimum atomic E-state index is 0. The van der Waals surface area contributed by atoms with E-state index in [0.29, 0.717) is 24.6 Å². The SMILES string of the molecule is CCOCCCNC(=NCc1ccc(OC)cc1)NC1C2CCOC2C1(C)C.I. The van der Waals surface area contributed by atoms with E-state index >= 15 is 0 Å². The molecule has 1 aliphatic carbocycles. The summed E-state index contributed by atoms with van der Waals surface area (Å²) in [6.45, 7) is 10.5. The summed E-state index contributed by atoms with van der Waals surface area (Å²) in [7, 11) is 1.68. The highest BCUT2D eigenvalue weighted by Gasteiger charge is 2.59. The molecule has 0 amide bonds. The van der Waals surface area contributed by atoms with Crippen molar-refractivity contribution in [3.8, 4) is 5.75 Å². The normalized spacial score (nSPS) is 24.8. The maximum atomic E-state index is 5.93. The van der Waals surface area contributed by atoms with Crippen LogP contribution in [0, 0.1) is 11.3 Å². The maximum absolute atomic E-state index is 5.93. The predicted octanol–water partition coefficient (Wildman–Crippen LogP) is 3.59. The van der Waals surface area contributed by atoms with Crippen molar-refractivity contribution in [1.29, 1.82) is 0 Å². The van der Waals surface area contributed by atoms with Gasteiger partial charge in [-0.3, -0.25) is 0 Å². The van der Waals surface area contributed by atoms with Gasteiger partial charge in [0.25, 0.3) is 0 Å². The monoisotopic (exact) mass is 517 g/mol. The molecular weight excluding hydrogens is 481 g/mol. The van der Waals surface area contributed by atoms with E-state index in [0.717, 1.165) is 56.5 Å². The van der Waals surface area contributed by atoms with Crippen LogP contribution in [0.2, 0.25) is 0 Å². The van der Waals surface area contributed by atoms with Crippen molar-refractivity contribution in [3.05, 3.63) is 29.8 Å². The Morgan fingerprint density at radius 3 is 2.72 bits per heavy atom. The van der Waals surface area contributed by atoms with E-state index in [4.69, 9.17) is 19.2 Å². The van der Waals surface area contributed by atoms with Gasteiger partial charge >= 0.3 is 0 Å². The van der Waals surface area contributed by atoms with Gasteiger partial charge in [-0.1, -0.05) is 26.0 Å². The number of aliphatic imine (C=N–C) groups is 1. The summed E-state index contributed by atoms with van der Waals surface area (Å²) < 4.78 is 16.6. The first kappa shape index (κ1) is 24.2. The number of methoxy groups -OCH3 is 1. The van der Waals surface area contributed by atoms with E-state index in [2.05, 4.69) is 36.6 Å². The van der Waals surface area contributed by atoms with Crippen LogP contribution in [-0.2, 0) is 16.0 Å². The molecular formula is C22H36IN3O3. The van der Waals surface area contributed by atoms with Crippen LogP contribution < -0.4 is 15.4 Å². The van der Waals surface area contributed by atoms with E-state index < -0.39 is 0 Å². The first-order chi connectivity index (χ1) is 13.6. The Bertz CT molecular complexity index is 651. The van der Waals surface area contributed by atoms with Crippen molar-refractivity contribution in [1.82, 2.24) is 10.6 Å². The Balaban J connectivity index is 0.00000300. The fourth-order valence-corrected chi connectivity index (χ4v) is 4.34. The summed E-state index contributed by atoms with van der Waals surface area (Å²) in [5.74, 6) is 2.31. The summed E-state index contributed by atoms with van der Waals surface area (Å²) in [6.07, 6.45) is 2.45. The minimum Gasteiger partial charge on any atom is -0.497 e. The number of nitrogens with zero attached hydrogens (tertiary/aromatic N) is 1. The van der Waals surface area contributed by atoms with Crippen molar-refractivity contribution in [2.75, 3.05) is 33.5 Å². The van der Waals surface area contributed by atoms with E-state index in [1.165, 1.54) is 0 Å². The minimum absolute atomic E-state index is 0. The molecule has 2 fully saturated rings. The molecule has 1 aromatic carbocycles. The van der Waals surface area contributed by atoms with Gasteiger partial charge in [-0.15, -0.1) is 24.0 Å². The molecule has 2 aliphatic rings. The van der Waals surface area contributed by atoms with Crippen molar-refractivity contribution < 1.29 is 14.2 Å².